The number of ether oxygens (including phenoxy) is 1. The van der Waals surface area contributed by atoms with Crippen LogP contribution in [0.2, 0.25) is 0 Å². The maximum absolute atomic E-state index is 11.6. The molecule has 3 radical (unpaired) electrons. The van der Waals surface area contributed by atoms with Crippen molar-refractivity contribution in [2.45, 2.75) is 24.9 Å². The van der Waals surface area contributed by atoms with Crippen LogP contribution in [0.25, 0.3) is 0 Å². The van der Waals surface area contributed by atoms with Gasteiger partial charge in [0.2, 0.25) is 11.8 Å². The fraction of sp³-hybridized carbons (Fsp3) is 0.462. The maximum Gasteiger partial charge on any atom is 0.246 e. The van der Waals surface area contributed by atoms with E-state index in [0.29, 0.717) is 6.04 Å². The number of carbonyl (C=O) groups is 2. The van der Waals surface area contributed by atoms with Crippen molar-refractivity contribution in [3.05, 3.63) is 71.8 Å². The molecule has 7 nitrogen and oxygen atoms in total. The van der Waals surface area contributed by atoms with Crippen molar-refractivity contribution in [1.82, 2.24) is 20.9 Å². The number of alkyl halides is 1. The quantitative estimate of drug-likeness (QED) is 0.270. The van der Waals surface area contributed by atoms with Crippen molar-refractivity contribution >= 4 is 55.8 Å². The molecule has 2 heterocycles. The van der Waals surface area contributed by atoms with Gasteiger partial charge in [-0.3, -0.25) is 9.59 Å². The van der Waals surface area contributed by atoms with Crippen LogP contribution in [-0.4, -0.2) is 78.0 Å². The Kier molecular flexibility index (Phi) is 19.5. The average Bonchev–Trinajstić information content (AvgIpc) is 3.49. The molecule has 0 bridgehead atoms. The molecule has 2 saturated heterocycles. The number of nitrogens with zero attached hydrogens (tertiary/aromatic N) is 1. The topological polar surface area (TPSA) is 82.7 Å². The van der Waals surface area contributed by atoms with Crippen molar-refractivity contribution < 1.29 is 14.3 Å². The van der Waals surface area contributed by atoms with Crippen molar-refractivity contribution in [3.8, 4) is 0 Å². The number of rotatable bonds is 5. The van der Waals surface area contributed by atoms with E-state index in [1.165, 1.54) is 25.5 Å². The van der Waals surface area contributed by atoms with Gasteiger partial charge in [-0.1, -0.05) is 60.7 Å². The number of piperazine rings is 1. The summed E-state index contributed by atoms with van der Waals surface area (Å²) < 4.78 is 4.94. The molecule has 2 aromatic rings. The van der Waals surface area contributed by atoms with Crippen molar-refractivity contribution in [3.63, 3.8) is 0 Å². The van der Waals surface area contributed by atoms with Gasteiger partial charge in [0.1, 0.15) is 11.9 Å². The van der Waals surface area contributed by atoms with E-state index in [1.807, 2.05) is 6.07 Å². The van der Waals surface area contributed by atoms with Crippen LogP contribution in [0, 0.1) is 0 Å². The molecule has 2 fully saturated rings. The van der Waals surface area contributed by atoms with Gasteiger partial charge >= 0.3 is 0 Å². The highest BCUT2D eigenvalue weighted by molar-refractivity contribution is 14.0. The second-order valence-electron chi connectivity index (χ2n) is 8.16. The zero-order valence-electron chi connectivity index (χ0n) is 21.1. The Bertz CT molecular complexity index is 840. The summed E-state index contributed by atoms with van der Waals surface area (Å²) in [7, 11) is 3.70. The van der Waals surface area contributed by atoms with E-state index in [0.717, 1.165) is 38.4 Å². The monoisotopic (exact) mass is 627 g/mol. The second kappa shape index (κ2) is 20.4. The van der Waals surface area contributed by atoms with Crippen LogP contribution in [0.1, 0.15) is 36.1 Å². The third-order valence-electron chi connectivity index (χ3n) is 5.48. The molecule has 0 saturated carbocycles. The highest BCUT2D eigenvalue weighted by Crippen LogP contribution is 2.15. The molecule has 2 amide bonds. The van der Waals surface area contributed by atoms with Crippen LogP contribution in [0.3, 0.4) is 0 Å². The summed E-state index contributed by atoms with van der Waals surface area (Å²) in [5, 5.41) is 8.57. The lowest BCUT2D eigenvalue weighted by Gasteiger charge is -2.31. The van der Waals surface area contributed by atoms with Crippen molar-refractivity contribution in [1.29, 1.82) is 0 Å². The lowest BCUT2D eigenvalue weighted by Crippen LogP contribution is -2.43. The molecule has 2 atom stereocenters. The Balaban J connectivity index is 0.000000549. The van der Waals surface area contributed by atoms with E-state index >= 15 is 0 Å². The summed E-state index contributed by atoms with van der Waals surface area (Å²) in [4.78, 5) is 25.2. The van der Waals surface area contributed by atoms with Gasteiger partial charge in [0, 0.05) is 54.4 Å². The number of amides is 2. The molecule has 197 valence electrons. The average molecular weight is 628 g/mol. The largest absolute Gasteiger partial charge is 0.381 e. The van der Waals surface area contributed by atoms with Crippen LogP contribution < -0.4 is 16.0 Å². The first-order valence-corrected chi connectivity index (χ1v) is 12.2. The summed E-state index contributed by atoms with van der Waals surface area (Å²) in [5.74, 6) is -0.816. The van der Waals surface area contributed by atoms with E-state index in [4.69, 9.17) is 16.3 Å². The minimum absolute atomic E-state index is 0. The number of halogens is 2. The predicted octanol–water partition coefficient (Wildman–Crippen LogP) is 3.13. The van der Waals surface area contributed by atoms with Crippen LogP contribution >= 0.6 is 35.6 Å². The molecule has 0 aliphatic carbocycles. The maximum atomic E-state index is 11.6. The van der Waals surface area contributed by atoms with Crippen LogP contribution in [0.4, 0.5) is 0 Å². The third kappa shape index (κ3) is 13.1. The molecule has 2 aliphatic heterocycles. The Morgan fingerprint density at radius 2 is 1.67 bits per heavy atom. The van der Waals surface area contributed by atoms with Crippen LogP contribution in [0.5, 0.6) is 0 Å². The SMILES string of the molecule is C1CCOC1.CN1CCNC(c2ccccc2)C1.CNC(=O)C(NC(=O)CCl)c1ccccc1.I.[B]. The van der Waals surface area contributed by atoms with Gasteiger partial charge in [-0.05, 0) is 31.0 Å². The highest BCUT2D eigenvalue weighted by Gasteiger charge is 2.20. The van der Waals surface area contributed by atoms with E-state index in [9.17, 15) is 9.59 Å². The van der Waals surface area contributed by atoms with Crippen molar-refractivity contribution in [2.75, 3.05) is 52.8 Å². The first-order chi connectivity index (χ1) is 16.5. The zero-order chi connectivity index (χ0) is 24.6. The third-order valence-corrected chi connectivity index (χ3v) is 5.72. The molecule has 2 unspecified atom stereocenters. The normalized spacial score (nSPS) is 17.4. The fourth-order valence-corrected chi connectivity index (χ4v) is 3.68. The van der Waals surface area contributed by atoms with Gasteiger partial charge in [0.15, 0.2) is 0 Å². The molecule has 2 aliphatic rings. The first-order valence-electron chi connectivity index (χ1n) is 11.7. The predicted molar refractivity (Wildman–Crippen MR) is 158 cm³/mol. The van der Waals surface area contributed by atoms with Gasteiger partial charge in [-0.2, -0.15) is 0 Å². The van der Waals surface area contributed by atoms with E-state index < -0.39 is 6.04 Å². The lowest BCUT2D eigenvalue weighted by atomic mass is 10.1. The van der Waals surface area contributed by atoms with Gasteiger partial charge in [0.05, 0.1) is 0 Å². The molecular formula is C26H38BClIN4O3. The van der Waals surface area contributed by atoms with Gasteiger partial charge < -0.3 is 25.6 Å². The summed E-state index contributed by atoms with van der Waals surface area (Å²) in [6, 6.07) is 19.5. The molecular weight excluding hydrogens is 589 g/mol. The van der Waals surface area contributed by atoms with Gasteiger partial charge in [-0.25, -0.2) is 0 Å². The van der Waals surface area contributed by atoms with Gasteiger partial charge in [0.25, 0.3) is 0 Å². The highest BCUT2D eigenvalue weighted by atomic mass is 127. The first kappa shape index (κ1) is 34.3. The Hall–Kier alpha value is -1.66. The number of benzene rings is 2. The van der Waals surface area contributed by atoms with Crippen LogP contribution in [0.15, 0.2) is 60.7 Å². The second-order valence-corrected chi connectivity index (χ2v) is 8.43. The van der Waals surface area contributed by atoms with Crippen LogP contribution in [-0.2, 0) is 14.3 Å². The smallest absolute Gasteiger partial charge is 0.246 e. The molecule has 4 rings (SSSR count). The summed E-state index contributed by atoms with van der Waals surface area (Å²) in [6.07, 6.45) is 2.56. The Morgan fingerprint density at radius 3 is 2.14 bits per heavy atom. The fourth-order valence-electron chi connectivity index (χ4n) is 3.61. The molecule has 3 N–H and O–H groups in total. The van der Waals surface area contributed by atoms with Gasteiger partial charge in [-0.15, -0.1) is 35.6 Å². The number of nitrogens with one attached hydrogen (secondary N) is 3. The number of hydrogen-bond donors (Lipinski definition) is 3. The Labute approximate surface area is 239 Å². The van der Waals surface area contributed by atoms with E-state index in [2.05, 4.69) is 58.2 Å². The standard InChI is InChI=1S/C11H13ClN2O2.C11H16N2.C4H8O.B.HI/c1-13-11(16)10(14-9(15)7-12)8-5-3-2-4-6-8;1-13-8-7-12-11(9-13)10-5-3-2-4-6-10;1-2-4-5-3-1;;/h2-6,10H,7H2,1H3,(H,13,16)(H,14,15);2-6,11-12H,7-9H2,1H3;1-4H2;;1H. The minimum Gasteiger partial charge on any atom is -0.381 e. The van der Waals surface area contributed by atoms with E-state index in [-0.39, 0.29) is 50.1 Å². The minimum atomic E-state index is -0.697. The molecule has 2 aromatic carbocycles. The van der Waals surface area contributed by atoms with Crippen molar-refractivity contribution in [2.24, 2.45) is 0 Å². The number of hydrogen-bond acceptors (Lipinski definition) is 5. The summed E-state index contributed by atoms with van der Waals surface area (Å²) >= 11 is 5.39. The lowest BCUT2D eigenvalue weighted by molar-refractivity contribution is -0.127. The summed E-state index contributed by atoms with van der Waals surface area (Å²) in [5.41, 5.74) is 2.12. The number of likely N-dealkylation sites (N-methyl/N-ethyl adjacent to an activating group) is 2. The molecule has 0 spiro atoms. The number of carbonyl (C=O) groups excluding carboxylic acids is 2. The Morgan fingerprint density at radius 1 is 1.08 bits per heavy atom. The summed E-state index contributed by atoms with van der Waals surface area (Å²) in [6.45, 7) is 5.36. The molecule has 10 heteroatoms. The molecule has 36 heavy (non-hydrogen) atoms. The van der Waals surface area contributed by atoms with E-state index in [1.54, 1.807) is 24.3 Å². The zero-order valence-corrected chi connectivity index (χ0v) is 24.2. The molecule has 0 aromatic heterocycles.